The summed E-state index contributed by atoms with van der Waals surface area (Å²) in [6, 6.07) is 9.50. The third-order valence-electron chi connectivity index (χ3n) is 3.99. The maximum absolute atomic E-state index is 12.5. The summed E-state index contributed by atoms with van der Waals surface area (Å²) < 4.78 is 5.43. The SMILES string of the molecule is O=C(O)Cc1csc(N(CCC2CC2)C(=O)OCc2ccccc2)n1. The third-order valence-corrected chi connectivity index (χ3v) is 4.90. The number of amides is 1. The van der Waals surface area contributed by atoms with Crippen LogP contribution in [0.1, 0.15) is 30.5 Å². The normalized spacial score (nSPS) is 13.4. The first-order valence-electron chi connectivity index (χ1n) is 8.26. The molecule has 132 valence electrons. The quantitative estimate of drug-likeness (QED) is 0.776. The fourth-order valence-electron chi connectivity index (χ4n) is 2.44. The Labute approximate surface area is 150 Å². The van der Waals surface area contributed by atoms with Gasteiger partial charge in [0.15, 0.2) is 5.13 Å². The van der Waals surface area contributed by atoms with Crippen molar-refractivity contribution in [1.82, 2.24) is 4.98 Å². The molecule has 0 aliphatic heterocycles. The third kappa shape index (κ3) is 5.29. The van der Waals surface area contributed by atoms with Crippen LogP contribution in [-0.2, 0) is 22.6 Å². The Morgan fingerprint density at radius 1 is 1.28 bits per heavy atom. The van der Waals surface area contributed by atoms with E-state index in [1.54, 1.807) is 5.38 Å². The van der Waals surface area contributed by atoms with Crippen molar-refractivity contribution in [3.8, 4) is 0 Å². The molecule has 6 nitrogen and oxygen atoms in total. The molecule has 1 heterocycles. The first-order chi connectivity index (χ1) is 12.1. The highest BCUT2D eigenvalue weighted by molar-refractivity contribution is 7.14. The number of carbonyl (C=O) groups excluding carboxylic acids is 1. The molecular formula is C18H20N2O4S. The number of aromatic nitrogens is 1. The Morgan fingerprint density at radius 3 is 2.72 bits per heavy atom. The van der Waals surface area contributed by atoms with Gasteiger partial charge in [-0.25, -0.2) is 9.78 Å². The Balaban J connectivity index is 1.65. The van der Waals surface area contributed by atoms with Crippen molar-refractivity contribution in [3.63, 3.8) is 0 Å². The highest BCUT2D eigenvalue weighted by Gasteiger charge is 2.26. The van der Waals surface area contributed by atoms with Gasteiger partial charge in [0.05, 0.1) is 12.1 Å². The molecule has 3 rings (SSSR count). The van der Waals surface area contributed by atoms with E-state index >= 15 is 0 Å². The highest BCUT2D eigenvalue weighted by Crippen LogP contribution is 2.33. The van der Waals surface area contributed by atoms with Crippen LogP contribution in [0.5, 0.6) is 0 Å². The molecular weight excluding hydrogens is 340 g/mol. The molecule has 1 aliphatic rings. The number of carbonyl (C=O) groups is 2. The predicted octanol–water partition coefficient (Wildman–Crippen LogP) is 3.71. The zero-order valence-corrected chi connectivity index (χ0v) is 14.6. The molecule has 0 spiro atoms. The van der Waals surface area contributed by atoms with E-state index in [1.807, 2.05) is 30.3 Å². The van der Waals surface area contributed by atoms with Crippen LogP contribution in [0.25, 0.3) is 0 Å². The molecule has 1 saturated carbocycles. The van der Waals surface area contributed by atoms with Gasteiger partial charge in [-0.1, -0.05) is 43.2 Å². The van der Waals surface area contributed by atoms with Crippen LogP contribution < -0.4 is 4.90 Å². The number of ether oxygens (including phenoxy) is 1. The van der Waals surface area contributed by atoms with E-state index < -0.39 is 12.1 Å². The largest absolute Gasteiger partial charge is 0.481 e. The van der Waals surface area contributed by atoms with Crippen LogP contribution in [0.4, 0.5) is 9.93 Å². The minimum absolute atomic E-state index is 0.147. The number of carboxylic acids is 1. The molecule has 1 fully saturated rings. The molecule has 0 atom stereocenters. The van der Waals surface area contributed by atoms with Crippen molar-refractivity contribution in [2.24, 2.45) is 5.92 Å². The topological polar surface area (TPSA) is 79.7 Å². The van der Waals surface area contributed by atoms with Crippen molar-refractivity contribution in [3.05, 3.63) is 47.0 Å². The molecule has 1 aromatic heterocycles. The average Bonchev–Trinajstić information content (AvgIpc) is 3.32. The summed E-state index contributed by atoms with van der Waals surface area (Å²) in [7, 11) is 0. The molecule has 0 bridgehead atoms. The van der Waals surface area contributed by atoms with E-state index in [2.05, 4.69) is 4.98 Å². The molecule has 0 radical (unpaired) electrons. The lowest BCUT2D eigenvalue weighted by atomic mass is 10.2. The second-order valence-electron chi connectivity index (χ2n) is 6.12. The van der Waals surface area contributed by atoms with Gasteiger partial charge in [-0.15, -0.1) is 11.3 Å². The number of benzene rings is 1. The van der Waals surface area contributed by atoms with Crippen molar-refractivity contribution in [2.75, 3.05) is 11.4 Å². The number of thiazole rings is 1. The molecule has 1 amide bonds. The number of carboxylic acid groups (broad SMARTS) is 1. The summed E-state index contributed by atoms with van der Waals surface area (Å²) in [4.78, 5) is 29.2. The number of rotatable bonds is 8. The van der Waals surface area contributed by atoms with Crippen LogP contribution in [0.15, 0.2) is 35.7 Å². The van der Waals surface area contributed by atoms with Crippen molar-refractivity contribution in [2.45, 2.75) is 32.3 Å². The van der Waals surface area contributed by atoms with Gasteiger partial charge in [-0.2, -0.15) is 0 Å². The van der Waals surface area contributed by atoms with Gasteiger partial charge >= 0.3 is 12.1 Å². The molecule has 1 aliphatic carbocycles. The van der Waals surface area contributed by atoms with Gasteiger partial charge in [0.1, 0.15) is 6.61 Å². The number of anilines is 1. The summed E-state index contributed by atoms with van der Waals surface area (Å²) in [5.41, 5.74) is 1.38. The smallest absolute Gasteiger partial charge is 0.416 e. The number of aliphatic carboxylic acids is 1. The van der Waals surface area contributed by atoms with Crippen molar-refractivity contribution in [1.29, 1.82) is 0 Å². The zero-order chi connectivity index (χ0) is 17.6. The number of nitrogens with zero attached hydrogens (tertiary/aromatic N) is 2. The Hall–Kier alpha value is -2.41. The highest BCUT2D eigenvalue weighted by atomic mass is 32.1. The van der Waals surface area contributed by atoms with Crippen LogP contribution in [0, 0.1) is 5.92 Å². The van der Waals surface area contributed by atoms with Crippen LogP contribution in [-0.4, -0.2) is 28.7 Å². The fraction of sp³-hybridized carbons (Fsp3) is 0.389. The van der Waals surface area contributed by atoms with Gasteiger partial charge < -0.3 is 9.84 Å². The Morgan fingerprint density at radius 2 is 2.04 bits per heavy atom. The van der Waals surface area contributed by atoms with Gasteiger partial charge in [-0.05, 0) is 17.9 Å². The second kappa shape index (κ2) is 8.11. The lowest BCUT2D eigenvalue weighted by Crippen LogP contribution is -2.32. The summed E-state index contributed by atoms with van der Waals surface area (Å²) in [6.45, 7) is 0.741. The van der Waals surface area contributed by atoms with Crippen LogP contribution >= 0.6 is 11.3 Å². The first-order valence-corrected chi connectivity index (χ1v) is 9.14. The van der Waals surface area contributed by atoms with E-state index in [1.165, 1.54) is 29.1 Å². The van der Waals surface area contributed by atoms with Crippen LogP contribution in [0.2, 0.25) is 0 Å². The minimum atomic E-state index is -0.937. The lowest BCUT2D eigenvalue weighted by Gasteiger charge is -2.19. The van der Waals surface area contributed by atoms with Gasteiger partial charge in [0, 0.05) is 11.9 Å². The number of hydrogen-bond acceptors (Lipinski definition) is 5. The van der Waals surface area contributed by atoms with E-state index in [-0.39, 0.29) is 13.0 Å². The number of hydrogen-bond donors (Lipinski definition) is 1. The molecule has 25 heavy (non-hydrogen) atoms. The van der Waals surface area contributed by atoms with Crippen molar-refractivity contribution >= 4 is 28.5 Å². The maximum atomic E-state index is 12.5. The first kappa shape index (κ1) is 17.4. The monoisotopic (exact) mass is 360 g/mol. The molecule has 7 heteroatoms. The molecule has 1 N–H and O–H groups in total. The van der Waals surface area contributed by atoms with Crippen molar-refractivity contribution < 1.29 is 19.4 Å². The standard InChI is InChI=1S/C18H20N2O4S/c21-16(22)10-15-12-25-17(19-15)20(9-8-13-6-7-13)18(23)24-11-14-4-2-1-3-5-14/h1-5,12-13H,6-11H2,(H,21,22). The summed E-state index contributed by atoms with van der Waals surface area (Å²) in [5, 5.41) is 11.1. The summed E-state index contributed by atoms with van der Waals surface area (Å²) >= 11 is 1.27. The molecule has 0 saturated heterocycles. The fourth-order valence-corrected chi connectivity index (χ4v) is 3.28. The molecule has 2 aromatic rings. The average molecular weight is 360 g/mol. The Kier molecular flexibility index (Phi) is 5.65. The van der Waals surface area contributed by atoms with Crippen LogP contribution in [0.3, 0.4) is 0 Å². The zero-order valence-electron chi connectivity index (χ0n) is 13.8. The minimum Gasteiger partial charge on any atom is -0.481 e. The van der Waals surface area contributed by atoms with Gasteiger partial charge in [0.2, 0.25) is 0 Å². The maximum Gasteiger partial charge on any atom is 0.416 e. The van der Waals surface area contributed by atoms with E-state index in [4.69, 9.17) is 9.84 Å². The predicted molar refractivity (Wildman–Crippen MR) is 94.8 cm³/mol. The lowest BCUT2D eigenvalue weighted by molar-refractivity contribution is -0.136. The van der Waals surface area contributed by atoms with Gasteiger partial charge in [0.25, 0.3) is 0 Å². The van der Waals surface area contributed by atoms with E-state index in [9.17, 15) is 9.59 Å². The summed E-state index contributed by atoms with van der Waals surface area (Å²) in [5.74, 6) is -0.268. The Bertz CT molecular complexity index is 728. The van der Waals surface area contributed by atoms with E-state index in [0.29, 0.717) is 23.3 Å². The second-order valence-corrected chi connectivity index (χ2v) is 6.95. The molecule has 1 aromatic carbocycles. The molecule has 0 unspecified atom stereocenters. The van der Waals surface area contributed by atoms with E-state index in [0.717, 1.165) is 12.0 Å². The summed E-state index contributed by atoms with van der Waals surface area (Å²) in [6.07, 6.45) is 2.73. The van der Waals surface area contributed by atoms with Gasteiger partial charge in [-0.3, -0.25) is 9.69 Å².